The predicted octanol–water partition coefficient (Wildman–Crippen LogP) is 3.69. The Morgan fingerprint density at radius 2 is 1.33 bits per heavy atom. The summed E-state index contributed by atoms with van der Waals surface area (Å²) in [5, 5.41) is -0.665. The van der Waals surface area contributed by atoms with Crippen LogP contribution in [0.2, 0.25) is 0 Å². The molecule has 0 amide bonds. The van der Waals surface area contributed by atoms with Crippen LogP contribution in [0.15, 0.2) is 21.5 Å². The highest BCUT2D eigenvalue weighted by Gasteiger charge is 2.07. The molecule has 0 radical (unpaired) electrons. The molecule has 68 valence electrons. The fourth-order valence-corrected chi connectivity index (χ4v) is 0.440. The molecule has 0 aromatic heterocycles. The molecule has 0 unspecified atom stereocenters. The summed E-state index contributed by atoms with van der Waals surface area (Å²) in [6.45, 7) is 0. The van der Waals surface area contributed by atoms with E-state index in [2.05, 4.69) is 9.47 Å². The van der Waals surface area contributed by atoms with Crippen molar-refractivity contribution in [3.8, 4) is 0 Å². The number of hydrogen-bond donors (Lipinski definition) is 0. The Morgan fingerprint density at radius 1 is 1.00 bits per heavy atom. The third-order valence-electron chi connectivity index (χ3n) is 0.533. The lowest BCUT2D eigenvalue weighted by molar-refractivity contribution is 0.113. The number of carbonyl (C=O) groups is 1. The van der Waals surface area contributed by atoms with Gasteiger partial charge >= 0.3 is 6.16 Å². The van der Waals surface area contributed by atoms with Gasteiger partial charge in [-0.3, -0.25) is 0 Å². The van der Waals surface area contributed by atoms with E-state index < -0.39 is 6.16 Å². The van der Waals surface area contributed by atoms with Gasteiger partial charge in [-0.1, -0.05) is 23.2 Å². The molecule has 0 saturated carbocycles. The molecule has 0 spiro atoms. The third-order valence-corrected chi connectivity index (χ3v) is 1.53. The van der Waals surface area contributed by atoms with Crippen molar-refractivity contribution < 1.29 is 14.3 Å². The van der Waals surface area contributed by atoms with E-state index in [1.165, 1.54) is 0 Å². The summed E-state index contributed by atoms with van der Waals surface area (Å²) in [7, 11) is 0. The van der Waals surface area contributed by atoms with E-state index in [0.29, 0.717) is 0 Å². The van der Waals surface area contributed by atoms with Crippen LogP contribution in [0.5, 0.6) is 0 Å². The molecule has 7 heteroatoms. The lowest BCUT2D eigenvalue weighted by Crippen LogP contribution is -2.02. The molecule has 12 heavy (non-hydrogen) atoms. The van der Waals surface area contributed by atoms with Gasteiger partial charge in [0.25, 0.3) is 0 Å². The van der Waals surface area contributed by atoms with Crippen molar-refractivity contribution in [2.24, 2.45) is 0 Å². The highest BCUT2D eigenvalue weighted by Crippen LogP contribution is 2.11. The van der Waals surface area contributed by atoms with Gasteiger partial charge in [-0.25, -0.2) is 4.79 Å². The SMILES string of the molecule is O=C(OC(Cl)=CCl)OC(Cl)=CCl. The lowest BCUT2D eigenvalue weighted by atomic mass is 11.0. The second-order valence-corrected chi connectivity index (χ2v) is 2.46. The van der Waals surface area contributed by atoms with Gasteiger partial charge < -0.3 is 9.47 Å². The molecule has 0 saturated heterocycles. The first kappa shape index (κ1) is 11.9. The molecule has 0 heterocycles. The number of carbonyl (C=O) groups excluding carboxylic acids is 1. The van der Waals surface area contributed by atoms with Gasteiger partial charge in [0.2, 0.25) is 10.4 Å². The molecule has 0 rings (SSSR count). The summed E-state index contributed by atoms with van der Waals surface area (Å²) >= 11 is 20.5. The van der Waals surface area contributed by atoms with Crippen LogP contribution in [0.3, 0.4) is 0 Å². The Kier molecular flexibility index (Phi) is 6.38. The Morgan fingerprint density at radius 3 is 1.58 bits per heavy atom. The van der Waals surface area contributed by atoms with E-state index >= 15 is 0 Å². The van der Waals surface area contributed by atoms with E-state index in [1.807, 2.05) is 0 Å². The van der Waals surface area contributed by atoms with E-state index in [9.17, 15) is 4.79 Å². The molecule has 0 atom stereocenters. The van der Waals surface area contributed by atoms with Crippen LogP contribution < -0.4 is 0 Å². The summed E-state index contributed by atoms with van der Waals surface area (Å²) in [5.41, 5.74) is 1.70. The largest absolute Gasteiger partial charge is 0.521 e. The highest BCUT2D eigenvalue weighted by atomic mass is 35.5. The van der Waals surface area contributed by atoms with Crippen LogP contribution in [0.25, 0.3) is 0 Å². The van der Waals surface area contributed by atoms with Crippen LogP contribution in [0, 0.1) is 0 Å². The van der Waals surface area contributed by atoms with Gasteiger partial charge in [-0.15, -0.1) is 0 Å². The zero-order valence-electron chi connectivity index (χ0n) is 5.39. The molecule has 0 N–H and O–H groups in total. The first-order valence-electron chi connectivity index (χ1n) is 2.41. The minimum atomic E-state index is -1.13. The Hall–Kier alpha value is -0.0900. The number of hydrogen-bond acceptors (Lipinski definition) is 3. The zero-order valence-corrected chi connectivity index (χ0v) is 8.42. The maximum Gasteiger partial charge on any atom is 0.521 e. The molecule has 0 bridgehead atoms. The van der Waals surface area contributed by atoms with Crippen molar-refractivity contribution in [3.63, 3.8) is 0 Å². The molecule has 0 fully saturated rings. The summed E-state index contributed by atoms with van der Waals surface area (Å²) in [5.74, 6) is 0. The zero-order chi connectivity index (χ0) is 9.56. The average molecular weight is 252 g/mol. The smallest absolute Gasteiger partial charge is 0.381 e. The fraction of sp³-hybridized carbons (Fsp3) is 0. The van der Waals surface area contributed by atoms with Gasteiger partial charge in [0, 0.05) is 0 Å². The van der Waals surface area contributed by atoms with Crippen molar-refractivity contribution in [1.82, 2.24) is 0 Å². The quantitative estimate of drug-likeness (QED) is 0.555. The number of rotatable bonds is 2. The molecule has 0 aliphatic rings. The normalized spacial score (nSPS) is 12.7. The second kappa shape index (κ2) is 6.43. The molecule has 0 aliphatic heterocycles. The van der Waals surface area contributed by atoms with E-state index in [0.717, 1.165) is 11.1 Å². The predicted molar refractivity (Wildman–Crippen MR) is 47.1 cm³/mol. The van der Waals surface area contributed by atoms with Gasteiger partial charge in [-0.05, 0) is 23.2 Å². The fourth-order valence-electron chi connectivity index (χ4n) is 0.225. The van der Waals surface area contributed by atoms with Crippen LogP contribution in [-0.4, -0.2) is 6.16 Å². The van der Waals surface area contributed by atoms with E-state index in [1.54, 1.807) is 0 Å². The molecule has 3 nitrogen and oxygen atoms in total. The first-order chi connectivity index (χ1) is 5.60. The number of ether oxygens (including phenoxy) is 2. The number of halogens is 4. The summed E-state index contributed by atoms with van der Waals surface area (Å²) in [4.78, 5) is 10.6. The Balaban J connectivity index is 3.91. The maximum atomic E-state index is 10.6. The van der Waals surface area contributed by atoms with Crippen molar-refractivity contribution in [2.75, 3.05) is 0 Å². The standard InChI is InChI=1S/C5H2Cl4O3/c6-1-3(8)11-5(10)12-4(9)2-7/h1-2H. The first-order valence-corrected chi connectivity index (χ1v) is 4.04. The van der Waals surface area contributed by atoms with Crippen LogP contribution in [0.1, 0.15) is 0 Å². The second-order valence-electron chi connectivity index (χ2n) is 1.28. The minimum Gasteiger partial charge on any atom is -0.381 e. The van der Waals surface area contributed by atoms with Gasteiger partial charge in [-0.2, -0.15) is 0 Å². The third kappa shape index (κ3) is 5.55. The molecule has 0 aromatic rings. The van der Waals surface area contributed by atoms with E-state index in [-0.39, 0.29) is 10.4 Å². The maximum absolute atomic E-state index is 10.6. The minimum absolute atomic E-state index is 0.333. The van der Waals surface area contributed by atoms with Crippen LogP contribution >= 0.6 is 46.4 Å². The van der Waals surface area contributed by atoms with Gasteiger partial charge in [0.05, 0.1) is 11.1 Å². The van der Waals surface area contributed by atoms with Crippen molar-refractivity contribution in [3.05, 3.63) is 21.5 Å². The molecular weight excluding hydrogens is 250 g/mol. The Labute approximate surface area is 88.4 Å². The van der Waals surface area contributed by atoms with Gasteiger partial charge in [0.15, 0.2) is 0 Å². The summed E-state index contributed by atoms with van der Waals surface area (Å²) < 4.78 is 8.44. The summed E-state index contributed by atoms with van der Waals surface area (Å²) in [6.07, 6.45) is -1.13. The lowest BCUT2D eigenvalue weighted by Gasteiger charge is -2.00. The van der Waals surface area contributed by atoms with Crippen molar-refractivity contribution >= 4 is 52.6 Å². The highest BCUT2D eigenvalue weighted by molar-refractivity contribution is 6.36. The van der Waals surface area contributed by atoms with Crippen LogP contribution in [0.4, 0.5) is 4.79 Å². The van der Waals surface area contributed by atoms with Gasteiger partial charge in [0.1, 0.15) is 0 Å². The summed E-state index contributed by atoms with van der Waals surface area (Å²) in [6, 6.07) is 0. The Bertz CT molecular complexity index is 201. The topological polar surface area (TPSA) is 35.5 Å². The van der Waals surface area contributed by atoms with Crippen molar-refractivity contribution in [1.29, 1.82) is 0 Å². The monoisotopic (exact) mass is 250 g/mol. The van der Waals surface area contributed by atoms with E-state index in [4.69, 9.17) is 46.4 Å². The molecular formula is C5H2Cl4O3. The average Bonchev–Trinajstić information content (AvgIpc) is 2.03. The molecule has 0 aliphatic carbocycles. The van der Waals surface area contributed by atoms with Crippen molar-refractivity contribution in [2.45, 2.75) is 0 Å². The molecule has 0 aromatic carbocycles. The van der Waals surface area contributed by atoms with Crippen LogP contribution in [-0.2, 0) is 9.47 Å².